The van der Waals surface area contributed by atoms with Gasteiger partial charge in [0.05, 0.1) is 11.6 Å². The minimum absolute atomic E-state index is 0.0735. The molecule has 1 unspecified atom stereocenters. The highest BCUT2D eigenvalue weighted by Gasteiger charge is 2.48. The van der Waals surface area contributed by atoms with Gasteiger partial charge in [0.1, 0.15) is 16.6 Å². The number of aromatic nitrogens is 2. The number of amides is 1. The molecule has 2 heterocycles. The molecule has 1 N–H and O–H groups in total. The first-order valence-corrected chi connectivity index (χ1v) is 9.21. The topological polar surface area (TPSA) is 83.4 Å². The van der Waals surface area contributed by atoms with Crippen molar-refractivity contribution in [2.45, 2.75) is 13.0 Å². The zero-order chi connectivity index (χ0) is 19.8. The highest BCUT2D eigenvalue weighted by atomic mass is 32.1. The number of ketones is 1. The molecule has 1 aliphatic heterocycles. The molecule has 2 aromatic carbocycles. The predicted octanol–water partition coefficient (Wildman–Crippen LogP) is 3.61. The van der Waals surface area contributed by atoms with Crippen LogP contribution in [0.1, 0.15) is 22.2 Å². The summed E-state index contributed by atoms with van der Waals surface area (Å²) in [7, 11) is 0. The summed E-state index contributed by atoms with van der Waals surface area (Å²) in [5, 5.41) is 19.6. The zero-order valence-corrected chi connectivity index (χ0v) is 15.5. The molecule has 0 aliphatic carbocycles. The van der Waals surface area contributed by atoms with Gasteiger partial charge in [0.25, 0.3) is 5.78 Å². The number of carbonyl (C=O) groups is 2. The number of hydrogen-bond acceptors (Lipinski definition) is 6. The van der Waals surface area contributed by atoms with Crippen molar-refractivity contribution in [2.75, 3.05) is 4.90 Å². The Morgan fingerprint density at radius 3 is 2.36 bits per heavy atom. The van der Waals surface area contributed by atoms with Crippen LogP contribution in [0.5, 0.6) is 0 Å². The molecule has 0 spiro atoms. The number of rotatable bonds is 3. The molecule has 0 saturated carbocycles. The molecule has 4 rings (SSSR count). The van der Waals surface area contributed by atoms with E-state index in [9.17, 15) is 19.1 Å². The van der Waals surface area contributed by atoms with Crippen molar-refractivity contribution in [3.05, 3.63) is 82.1 Å². The van der Waals surface area contributed by atoms with Crippen LogP contribution < -0.4 is 4.90 Å². The number of anilines is 1. The summed E-state index contributed by atoms with van der Waals surface area (Å²) in [6, 6.07) is 13.0. The van der Waals surface area contributed by atoms with Gasteiger partial charge in [-0.3, -0.25) is 14.5 Å². The molecule has 1 atom stereocenters. The number of aliphatic hydroxyl groups excluding tert-OH is 1. The number of nitrogens with zero attached hydrogens (tertiary/aromatic N) is 3. The number of aryl methyl sites for hydroxylation is 1. The van der Waals surface area contributed by atoms with Crippen molar-refractivity contribution in [1.82, 2.24) is 10.2 Å². The average molecular weight is 395 g/mol. The molecule has 6 nitrogen and oxygen atoms in total. The molecule has 1 aromatic heterocycles. The van der Waals surface area contributed by atoms with E-state index in [2.05, 4.69) is 10.2 Å². The molecule has 0 radical (unpaired) electrons. The second-order valence-electron chi connectivity index (χ2n) is 6.19. The zero-order valence-electron chi connectivity index (χ0n) is 14.7. The molecular weight excluding hydrogens is 381 g/mol. The number of halogens is 1. The van der Waals surface area contributed by atoms with E-state index in [1.165, 1.54) is 29.2 Å². The Hall–Kier alpha value is -3.39. The summed E-state index contributed by atoms with van der Waals surface area (Å²) in [5.74, 6) is -2.39. The Balaban J connectivity index is 1.94. The third-order valence-corrected chi connectivity index (χ3v) is 5.24. The Labute approximate surface area is 163 Å². The minimum atomic E-state index is -0.937. The number of benzene rings is 2. The first-order chi connectivity index (χ1) is 13.5. The average Bonchev–Trinajstić information content (AvgIpc) is 3.24. The van der Waals surface area contributed by atoms with Crippen LogP contribution in [0.25, 0.3) is 5.76 Å². The largest absolute Gasteiger partial charge is 0.507 e. The fourth-order valence-corrected chi connectivity index (χ4v) is 3.84. The Kier molecular flexibility index (Phi) is 4.48. The standard InChI is InChI=1S/C20H14FN3O3S/c1-11-22-23-20(28-11)24-16(12-7-9-14(21)10-8-12)15(18(26)19(24)27)17(25)13-5-3-2-4-6-13/h2-10,16,25H,1H3. The second kappa shape index (κ2) is 6.97. The summed E-state index contributed by atoms with van der Waals surface area (Å²) in [5.41, 5.74) is 0.808. The molecule has 28 heavy (non-hydrogen) atoms. The van der Waals surface area contributed by atoms with E-state index < -0.39 is 23.5 Å². The molecule has 1 saturated heterocycles. The van der Waals surface area contributed by atoms with Crippen molar-refractivity contribution >= 4 is 33.9 Å². The van der Waals surface area contributed by atoms with Crippen molar-refractivity contribution in [2.24, 2.45) is 0 Å². The number of Topliss-reactive ketones (excluding diaryl/α,β-unsaturated/α-hetero) is 1. The van der Waals surface area contributed by atoms with Gasteiger partial charge >= 0.3 is 5.91 Å². The highest BCUT2D eigenvalue weighted by Crippen LogP contribution is 2.42. The van der Waals surface area contributed by atoms with Gasteiger partial charge in [-0.1, -0.05) is 53.8 Å². The normalized spacial score (nSPS) is 18.6. The van der Waals surface area contributed by atoms with E-state index in [4.69, 9.17) is 0 Å². The van der Waals surface area contributed by atoms with E-state index in [0.717, 1.165) is 11.3 Å². The lowest BCUT2D eigenvalue weighted by atomic mass is 9.95. The van der Waals surface area contributed by atoms with E-state index in [-0.39, 0.29) is 16.5 Å². The van der Waals surface area contributed by atoms with Gasteiger partial charge in [-0.25, -0.2) is 4.39 Å². The SMILES string of the molecule is Cc1nnc(N2C(=O)C(=O)C(=C(O)c3ccccc3)C2c2ccc(F)cc2)s1. The van der Waals surface area contributed by atoms with E-state index in [0.29, 0.717) is 16.1 Å². The fourth-order valence-electron chi connectivity index (χ4n) is 3.13. The smallest absolute Gasteiger partial charge is 0.301 e. The second-order valence-corrected chi connectivity index (χ2v) is 7.35. The van der Waals surface area contributed by atoms with Crippen LogP contribution in [0.15, 0.2) is 60.2 Å². The van der Waals surface area contributed by atoms with Crippen LogP contribution in [0.4, 0.5) is 9.52 Å². The van der Waals surface area contributed by atoms with Gasteiger partial charge in [-0.15, -0.1) is 10.2 Å². The monoisotopic (exact) mass is 395 g/mol. The van der Waals surface area contributed by atoms with Gasteiger partial charge in [-0.05, 0) is 24.6 Å². The molecular formula is C20H14FN3O3S. The molecule has 3 aromatic rings. The van der Waals surface area contributed by atoms with E-state index in [1.807, 2.05) is 0 Å². The van der Waals surface area contributed by atoms with Crippen molar-refractivity contribution in [3.63, 3.8) is 0 Å². The van der Waals surface area contributed by atoms with Crippen LogP contribution in [0.2, 0.25) is 0 Å². The third-order valence-electron chi connectivity index (χ3n) is 4.40. The molecule has 8 heteroatoms. The predicted molar refractivity (Wildman–Crippen MR) is 102 cm³/mol. The van der Waals surface area contributed by atoms with Crippen molar-refractivity contribution in [1.29, 1.82) is 0 Å². The summed E-state index contributed by atoms with van der Waals surface area (Å²) in [6.45, 7) is 1.73. The van der Waals surface area contributed by atoms with Gasteiger partial charge in [0, 0.05) is 5.56 Å². The molecule has 0 bridgehead atoms. The maximum atomic E-state index is 13.4. The summed E-state index contributed by atoms with van der Waals surface area (Å²) >= 11 is 1.15. The maximum absolute atomic E-state index is 13.4. The Morgan fingerprint density at radius 1 is 1.07 bits per heavy atom. The van der Waals surface area contributed by atoms with Gasteiger partial charge < -0.3 is 5.11 Å². The van der Waals surface area contributed by atoms with Crippen molar-refractivity contribution in [3.8, 4) is 0 Å². The van der Waals surface area contributed by atoms with Crippen LogP contribution in [0.3, 0.4) is 0 Å². The van der Waals surface area contributed by atoms with Crippen LogP contribution in [-0.4, -0.2) is 27.0 Å². The van der Waals surface area contributed by atoms with E-state index >= 15 is 0 Å². The first kappa shape index (κ1) is 18.0. The minimum Gasteiger partial charge on any atom is -0.507 e. The van der Waals surface area contributed by atoms with Crippen molar-refractivity contribution < 1.29 is 19.1 Å². The number of carbonyl (C=O) groups excluding carboxylic acids is 2. The highest BCUT2D eigenvalue weighted by molar-refractivity contribution is 7.15. The summed E-state index contributed by atoms with van der Waals surface area (Å²) in [4.78, 5) is 26.8. The summed E-state index contributed by atoms with van der Waals surface area (Å²) < 4.78 is 13.4. The quantitative estimate of drug-likeness (QED) is 0.416. The number of aliphatic hydroxyl groups is 1. The summed E-state index contributed by atoms with van der Waals surface area (Å²) in [6.07, 6.45) is 0. The van der Waals surface area contributed by atoms with E-state index in [1.54, 1.807) is 37.3 Å². The lowest BCUT2D eigenvalue weighted by molar-refractivity contribution is -0.132. The van der Waals surface area contributed by atoms with Crippen LogP contribution in [-0.2, 0) is 9.59 Å². The Morgan fingerprint density at radius 2 is 1.75 bits per heavy atom. The molecule has 140 valence electrons. The first-order valence-electron chi connectivity index (χ1n) is 8.39. The van der Waals surface area contributed by atoms with Crippen LogP contribution in [0, 0.1) is 12.7 Å². The Bertz CT molecular complexity index is 1090. The van der Waals surface area contributed by atoms with Gasteiger partial charge in [0.2, 0.25) is 5.13 Å². The molecule has 1 amide bonds. The molecule has 1 fully saturated rings. The van der Waals surface area contributed by atoms with Gasteiger partial charge in [-0.2, -0.15) is 0 Å². The maximum Gasteiger partial charge on any atom is 0.301 e. The van der Waals surface area contributed by atoms with Crippen LogP contribution >= 0.6 is 11.3 Å². The van der Waals surface area contributed by atoms with Gasteiger partial charge in [0.15, 0.2) is 0 Å². The third kappa shape index (κ3) is 2.97. The number of hydrogen-bond donors (Lipinski definition) is 1. The lowest BCUT2D eigenvalue weighted by Gasteiger charge is -2.22. The fraction of sp³-hybridized carbons (Fsp3) is 0.100. The lowest BCUT2D eigenvalue weighted by Crippen LogP contribution is -2.29. The molecule has 1 aliphatic rings.